The van der Waals surface area contributed by atoms with Crippen molar-refractivity contribution in [2.75, 3.05) is 39.1 Å². The van der Waals surface area contributed by atoms with E-state index >= 15 is 0 Å². The van der Waals surface area contributed by atoms with Crippen molar-refractivity contribution in [1.29, 1.82) is 0 Å². The molecule has 0 fully saturated rings. The van der Waals surface area contributed by atoms with Crippen LogP contribution in [0.3, 0.4) is 0 Å². The van der Waals surface area contributed by atoms with Crippen LogP contribution in [-0.2, 0) is 14.8 Å². The van der Waals surface area contributed by atoms with E-state index in [4.69, 9.17) is 4.74 Å². The third kappa shape index (κ3) is 7.16. The summed E-state index contributed by atoms with van der Waals surface area (Å²) in [4.78, 5) is 0. The quantitative estimate of drug-likeness (QED) is 0.599. The second kappa shape index (κ2) is 8.00. The van der Waals surface area contributed by atoms with E-state index in [9.17, 15) is 8.42 Å². The smallest absolute Gasteiger partial charge is 0.215 e. The number of sulfonamides is 1. The summed E-state index contributed by atoms with van der Waals surface area (Å²) in [5, 5.41) is 3.09. The Bertz CT molecular complexity index is 265. The lowest BCUT2D eigenvalue weighted by molar-refractivity contribution is 0.138. The van der Waals surface area contributed by atoms with E-state index in [2.05, 4.69) is 5.32 Å². The van der Waals surface area contributed by atoms with Crippen LogP contribution in [0.15, 0.2) is 0 Å². The average Bonchev–Trinajstić information content (AvgIpc) is 2.17. The zero-order valence-electron chi connectivity index (χ0n) is 10.7. The van der Waals surface area contributed by atoms with Gasteiger partial charge in [-0.1, -0.05) is 13.8 Å². The van der Waals surface area contributed by atoms with E-state index in [0.717, 1.165) is 0 Å². The van der Waals surface area contributed by atoms with Crippen molar-refractivity contribution in [3.63, 3.8) is 0 Å². The normalized spacial score (nSPS) is 12.6. The third-order valence-electron chi connectivity index (χ3n) is 2.14. The molecule has 0 unspecified atom stereocenters. The van der Waals surface area contributed by atoms with E-state index in [0.29, 0.717) is 32.3 Å². The number of ether oxygens (including phenoxy) is 1. The number of rotatable bonds is 9. The molecule has 0 aliphatic rings. The van der Waals surface area contributed by atoms with Crippen molar-refractivity contribution in [2.45, 2.75) is 26.8 Å². The Morgan fingerprint density at radius 1 is 1.38 bits per heavy atom. The summed E-state index contributed by atoms with van der Waals surface area (Å²) in [6, 6.07) is 0.309. The molecular formula is C10H24N2O3S. The molecular weight excluding hydrogens is 228 g/mol. The summed E-state index contributed by atoms with van der Waals surface area (Å²) >= 11 is 0. The number of nitrogens with one attached hydrogen (secondary N) is 1. The van der Waals surface area contributed by atoms with Crippen LogP contribution in [0.4, 0.5) is 0 Å². The molecule has 0 aromatic carbocycles. The molecule has 1 N–H and O–H groups in total. The molecule has 0 bridgehead atoms. The first-order chi connectivity index (χ1) is 7.40. The lowest BCUT2D eigenvalue weighted by Crippen LogP contribution is -2.37. The van der Waals surface area contributed by atoms with Crippen LogP contribution in [0.2, 0.25) is 0 Å². The van der Waals surface area contributed by atoms with Crippen molar-refractivity contribution in [2.24, 2.45) is 0 Å². The van der Waals surface area contributed by atoms with Gasteiger partial charge in [0.25, 0.3) is 0 Å². The lowest BCUT2D eigenvalue weighted by atomic mass is 10.4. The molecule has 0 amide bonds. The van der Waals surface area contributed by atoms with Gasteiger partial charge >= 0.3 is 0 Å². The highest BCUT2D eigenvalue weighted by Gasteiger charge is 2.16. The molecule has 0 spiro atoms. The second-order valence-electron chi connectivity index (χ2n) is 3.94. The molecule has 0 rings (SSSR count). The van der Waals surface area contributed by atoms with Crippen LogP contribution in [0.25, 0.3) is 0 Å². The maximum Gasteiger partial charge on any atom is 0.215 e. The van der Waals surface area contributed by atoms with E-state index in [-0.39, 0.29) is 5.75 Å². The number of likely N-dealkylation sites (N-methyl/N-ethyl adjacent to an activating group) is 1. The van der Waals surface area contributed by atoms with Crippen LogP contribution in [0.1, 0.15) is 20.8 Å². The molecule has 0 aliphatic heterocycles. The summed E-state index contributed by atoms with van der Waals surface area (Å²) < 4.78 is 29.9. The summed E-state index contributed by atoms with van der Waals surface area (Å²) in [6.07, 6.45) is 0. The molecule has 0 saturated heterocycles. The van der Waals surface area contributed by atoms with Crippen molar-refractivity contribution in [3.8, 4) is 0 Å². The van der Waals surface area contributed by atoms with Gasteiger partial charge in [-0.15, -0.1) is 0 Å². The highest BCUT2D eigenvalue weighted by molar-refractivity contribution is 7.89. The van der Waals surface area contributed by atoms with Crippen LogP contribution in [0.5, 0.6) is 0 Å². The van der Waals surface area contributed by atoms with Crippen molar-refractivity contribution in [1.82, 2.24) is 9.62 Å². The predicted octanol–water partition coefficient (Wildman–Crippen LogP) is 0.283. The summed E-state index contributed by atoms with van der Waals surface area (Å²) in [5.41, 5.74) is 0. The fourth-order valence-corrected chi connectivity index (χ4v) is 2.15. The van der Waals surface area contributed by atoms with Crippen LogP contribution >= 0.6 is 0 Å². The fourth-order valence-electron chi connectivity index (χ4n) is 1.11. The Balaban J connectivity index is 3.91. The van der Waals surface area contributed by atoms with Crippen molar-refractivity contribution < 1.29 is 13.2 Å². The number of nitrogens with zero attached hydrogens (tertiary/aromatic N) is 1. The maximum atomic E-state index is 11.7. The summed E-state index contributed by atoms with van der Waals surface area (Å²) in [5.74, 6) is 0.133. The first-order valence-electron chi connectivity index (χ1n) is 5.65. The van der Waals surface area contributed by atoms with Crippen LogP contribution < -0.4 is 5.32 Å². The first-order valence-corrected chi connectivity index (χ1v) is 7.26. The largest absolute Gasteiger partial charge is 0.380 e. The number of hydrogen-bond donors (Lipinski definition) is 1. The Hall–Kier alpha value is -0.170. The van der Waals surface area contributed by atoms with Gasteiger partial charge in [0.15, 0.2) is 0 Å². The molecule has 0 saturated carbocycles. The molecule has 0 aromatic rings. The summed E-state index contributed by atoms with van der Waals surface area (Å²) in [7, 11) is -1.56. The van der Waals surface area contributed by atoms with Gasteiger partial charge in [-0.25, -0.2) is 12.7 Å². The van der Waals surface area contributed by atoms with Gasteiger partial charge in [-0.2, -0.15) is 0 Å². The van der Waals surface area contributed by atoms with Gasteiger partial charge in [0, 0.05) is 32.8 Å². The molecule has 0 heterocycles. The lowest BCUT2D eigenvalue weighted by Gasteiger charge is -2.17. The van der Waals surface area contributed by atoms with Gasteiger partial charge in [0.05, 0.1) is 12.4 Å². The number of hydrogen-bond acceptors (Lipinski definition) is 4. The minimum absolute atomic E-state index is 0.133. The average molecular weight is 252 g/mol. The Labute approximate surface area is 99.2 Å². The van der Waals surface area contributed by atoms with E-state index in [1.807, 2.05) is 20.8 Å². The molecule has 0 aliphatic carbocycles. The van der Waals surface area contributed by atoms with Gasteiger partial charge < -0.3 is 10.1 Å². The third-order valence-corrected chi connectivity index (χ3v) is 3.99. The van der Waals surface area contributed by atoms with Crippen molar-refractivity contribution in [3.05, 3.63) is 0 Å². The molecule has 0 atom stereocenters. The zero-order chi connectivity index (χ0) is 12.6. The molecule has 0 aromatic heterocycles. The predicted molar refractivity (Wildman–Crippen MR) is 66.0 cm³/mol. The first kappa shape index (κ1) is 15.8. The minimum atomic E-state index is -3.15. The van der Waals surface area contributed by atoms with Gasteiger partial charge in [0.2, 0.25) is 10.0 Å². The molecule has 0 radical (unpaired) electrons. The molecule has 6 heteroatoms. The van der Waals surface area contributed by atoms with Gasteiger partial charge in [0.1, 0.15) is 0 Å². The molecule has 5 nitrogen and oxygen atoms in total. The van der Waals surface area contributed by atoms with Crippen LogP contribution in [0, 0.1) is 0 Å². The van der Waals surface area contributed by atoms with Gasteiger partial charge in [-0.05, 0) is 6.92 Å². The Morgan fingerprint density at radius 3 is 2.50 bits per heavy atom. The standard InChI is InChI=1S/C10H24N2O3S/c1-5-15-8-7-12(4)16(13,14)9-6-11-10(2)3/h10-11H,5-9H2,1-4H3. The van der Waals surface area contributed by atoms with E-state index in [1.165, 1.54) is 4.31 Å². The highest BCUT2D eigenvalue weighted by Crippen LogP contribution is 1.97. The fraction of sp³-hybridized carbons (Fsp3) is 1.00. The van der Waals surface area contributed by atoms with E-state index in [1.54, 1.807) is 7.05 Å². The second-order valence-corrected chi connectivity index (χ2v) is 6.14. The topological polar surface area (TPSA) is 58.6 Å². The summed E-state index contributed by atoms with van der Waals surface area (Å²) in [6.45, 7) is 7.83. The van der Waals surface area contributed by atoms with E-state index < -0.39 is 10.0 Å². The Kier molecular flexibility index (Phi) is 7.91. The van der Waals surface area contributed by atoms with Gasteiger partial charge in [-0.3, -0.25) is 0 Å². The maximum absolute atomic E-state index is 11.7. The molecule has 98 valence electrons. The minimum Gasteiger partial charge on any atom is -0.380 e. The monoisotopic (exact) mass is 252 g/mol. The SMILES string of the molecule is CCOCCN(C)S(=O)(=O)CCNC(C)C. The zero-order valence-corrected chi connectivity index (χ0v) is 11.5. The molecule has 16 heavy (non-hydrogen) atoms. The Morgan fingerprint density at radius 2 is 2.00 bits per heavy atom. The van der Waals surface area contributed by atoms with Crippen LogP contribution in [-0.4, -0.2) is 57.9 Å². The highest BCUT2D eigenvalue weighted by atomic mass is 32.2. The van der Waals surface area contributed by atoms with Crippen molar-refractivity contribution >= 4 is 10.0 Å².